The van der Waals surface area contributed by atoms with Crippen molar-refractivity contribution in [2.24, 2.45) is 5.10 Å². The van der Waals surface area contributed by atoms with Gasteiger partial charge in [0.15, 0.2) is 0 Å². The normalized spacial score (nSPS) is 24.8. The highest BCUT2D eigenvalue weighted by atomic mass is 16.5. The Morgan fingerprint density at radius 3 is 2.70 bits per heavy atom. The van der Waals surface area contributed by atoms with Gasteiger partial charge in [-0.1, -0.05) is 30.3 Å². The number of rotatable bonds is 3. The van der Waals surface area contributed by atoms with Crippen LogP contribution in [0.15, 0.2) is 35.4 Å². The van der Waals surface area contributed by atoms with Crippen molar-refractivity contribution in [1.29, 1.82) is 0 Å². The van der Waals surface area contributed by atoms with Gasteiger partial charge in [-0.25, -0.2) is 5.01 Å². The molecule has 122 valence electrons. The zero-order valence-corrected chi connectivity index (χ0v) is 13.4. The number of amides is 2. The summed E-state index contributed by atoms with van der Waals surface area (Å²) < 4.78 is 5.97. The number of morpholine rings is 1. The molecule has 0 saturated carbocycles. The second kappa shape index (κ2) is 6.50. The molecule has 3 rings (SSSR count). The Hall–Kier alpha value is -2.21. The summed E-state index contributed by atoms with van der Waals surface area (Å²) in [5.74, 6) is -0.276. The highest BCUT2D eigenvalue weighted by Gasteiger charge is 2.35. The Morgan fingerprint density at radius 1 is 1.30 bits per heavy atom. The van der Waals surface area contributed by atoms with Crippen molar-refractivity contribution in [3.8, 4) is 0 Å². The molecule has 0 N–H and O–H groups in total. The number of hydrazone groups is 1. The molecule has 2 aliphatic heterocycles. The molecule has 2 aliphatic rings. The van der Waals surface area contributed by atoms with Crippen molar-refractivity contribution in [1.82, 2.24) is 9.91 Å². The van der Waals surface area contributed by atoms with Gasteiger partial charge in [-0.3, -0.25) is 9.59 Å². The van der Waals surface area contributed by atoms with E-state index in [1.54, 1.807) is 4.90 Å². The molecule has 0 aromatic heterocycles. The summed E-state index contributed by atoms with van der Waals surface area (Å²) in [6, 6.07) is 9.88. The first-order valence-electron chi connectivity index (χ1n) is 7.96. The Balaban J connectivity index is 1.75. The monoisotopic (exact) mass is 315 g/mol. The van der Waals surface area contributed by atoms with Crippen LogP contribution in [-0.4, -0.2) is 53.2 Å². The number of carbonyl (C=O) groups excluding carboxylic acids is 2. The van der Waals surface area contributed by atoms with Crippen molar-refractivity contribution < 1.29 is 14.3 Å². The molecule has 1 fully saturated rings. The average Bonchev–Trinajstić information content (AvgIpc) is 2.95. The van der Waals surface area contributed by atoms with Gasteiger partial charge < -0.3 is 9.64 Å². The average molecular weight is 315 g/mol. The van der Waals surface area contributed by atoms with Crippen molar-refractivity contribution in [2.45, 2.75) is 32.5 Å². The van der Waals surface area contributed by atoms with E-state index in [2.05, 4.69) is 5.10 Å². The third-order valence-electron chi connectivity index (χ3n) is 4.11. The molecular weight excluding hydrogens is 294 g/mol. The number of carbonyl (C=O) groups is 2. The Morgan fingerprint density at radius 2 is 2.04 bits per heavy atom. The molecule has 23 heavy (non-hydrogen) atoms. The maximum absolute atomic E-state index is 12.7. The van der Waals surface area contributed by atoms with E-state index in [4.69, 9.17) is 4.74 Å². The molecule has 0 spiro atoms. The van der Waals surface area contributed by atoms with E-state index < -0.39 is 0 Å². The number of nitrogens with zero attached hydrogens (tertiary/aromatic N) is 3. The first kappa shape index (κ1) is 15.7. The Kier molecular flexibility index (Phi) is 4.43. The van der Waals surface area contributed by atoms with Crippen LogP contribution in [0.25, 0.3) is 0 Å². The zero-order valence-electron chi connectivity index (χ0n) is 13.4. The summed E-state index contributed by atoms with van der Waals surface area (Å²) in [5.41, 5.74) is 1.38. The summed E-state index contributed by atoms with van der Waals surface area (Å²) in [4.78, 5) is 26.2. The van der Waals surface area contributed by atoms with E-state index >= 15 is 0 Å². The smallest absolute Gasteiger partial charge is 0.270 e. The minimum atomic E-state index is -0.162. The van der Waals surface area contributed by atoms with Gasteiger partial charge in [-0.05, 0) is 19.4 Å². The summed E-state index contributed by atoms with van der Waals surface area (Å²) in [5, 5.41) is 5.51. The summed E-state index contributed by atoms with van der Waals surface area (Å²) in [6.45, 7) is 5.28. The van der Waals surface area contributed by atoms with Crippen molar-refractivity contribution >= 4 is 17.5 Å². The Bertz CT molecular complexity index is 629. The lowest BCUT2D eigenvalue weighted by Crippen LogP contribution is -2.48. The molecule has 2 heterocycles. The first-order chi connectivity index (χ1) is 11.1. The van der Waals surface area contributed by atoms with E-state index in [1.165, 1.54) is 5.01 Å². The van der Waals surface area contributed by atoms with Crippen LogP contribution in [0.1, 0.15) is 31.9 Å². The number of hydrogen-bond donors (Lipinski definition) is 0. The maximum Gasteiger partial charge on any atom is 0.270 e. The molecule has 1 aromatic rings. The van der Waals surface area contributed by atoms with E-state index in [1.807, 2.05) is 44.2 Å². The van der Waals surface area contributed by atoms with Crippen LogP contribution < -0.4 is 0 Å². The third kappa shape index (κ3) is 3.27. The maximum atomic E-state index is 12.7. The largest absolute Gasteiger partial charge is 0.367 e. The van der Waals surface area contributed by atoms with Crippen molar-refractivity contribution in [3.63, 3.8) is 0 Å². The number of ether oxygens (including phenoxy) is 1. The van der Waals surface area contributed by atoms with Crippen LogP contribution in [-0.2, 0) is 14.3 Å². The lowest BCUT2D eigenvalue weighted by molar-refractivity contribution is -0.138. The van der Waals surface area contributed by atoms with Gasteiger partial charge in [-0.15, -0.1) is 0 Å². The predicted octanol–water partition coefficient (Wildman–Crippen LogP) is 1.58. The molecule has 2 atom stereocenters. The summed E-state index contributed by atoms with van der Waals surface area (Å²) in [6.07, 6.45) is -0.115. The predicted molar refractivity (Wildman–Crippen MR) is 85.7 cm³/mol. The van der Waals surface area contributed by atoms with Crippen LogP contribution in [0.5, 0.6) is 0 Å². The van der Waals surface area contributed by atoms with Gasteiger partial charge in [0.1, 0.15) is 11.8 Å². The topological polar surface area (TPSA) is 62.2 Å². The van der Waals surface area contributed by atoms with Crippen LogP contribution in [0.3, 0.4) is 0 Å². The molecule has 0 unspecified atom stereocenters. The minimum absolute atomic E-state index is 0.0575. The van der Waals surface area contributed by atoms with E-state index in [0.29, 0.717) is 25.3 Å². The Labute approximate surface area is 135 Å². The highest BCUT2D eigenvalue weighted by Crippen LogP contribution is 2.25. The number of benzene rings is 1. The highest BCUT2D eigenvalue weighted by molar-refractivity contribution is 6.43. The van der Waals surface area contributed by atoms with E-state index in [0.717, 1.165) is 5.56 Å². The fourth-order valence-corrected chi connectivity index (χ4v) is 2.99. The molecule has 1 aromatic carbocycles. The van der Waals surface area contributed by atoms with Gasteiger partial charge in [0, 0.05) is 13.1 Å². The lowest BCUT2D eigenvalue weighted by atomic mass is 10.1. The van der Waals surface area contributed by atoms with Crippen LogP contribution in [0.2, 0.25) is 0 Å². The second-order valence-electron chi connectivity index (χ2n) is 5.89. The summed E-state index contributed by atoms with van der Waals surface area (Å²) in [7, 11) is 0. The van der Waals surface area contributed by atoms with Gasteiger partial charge in [0.25, 0.3) is 5.91 Å². The summed E-state index contributed by atoms with van der Waals surface area (Å²) >= 11 is 0. The quantitative estimate of drug-likeness (QED) is 0.851. The third-order valence-corrected chi connectivity index (χ3v) is 4.11. The van der Waals surface area contributed by atoms with E-state index in [9.17, 15) is 9.59 Å². The van der Waals surface area contributed by atoms with Crippen molar-refractivity contribution in [2.75, 3.05) is 19.6 Å². The molecular formula is C17H21N3O3. The standard InChI is InChI=1S/C17H21N3O3/c1-3-20-16(21)9-14(18-20)17(22)19-10-12(2)23-15(11-19)13-7-5-4-6-8-13/h4-8,12,15H,3,9-11H2,1-2H3/t12-,15-/m1/s1. The number of hydrogen-bond acceptors (Lipinski definition) is 4. The molecule has 0 radical (unpaired) electrons. The van der Waals surface area contributed by atoms with Crippen molar-refractivity contribution in [3.05, 3.63) is 35.9 Å². The second-order valence-corrected chi connectivity index (χ2v) is 5.89. The van der Waals surface area contributed by atoms with Crippen LogP contribution >= 0.6 is 0 Å². The SMILES string of the molecule is CCN1N=C(C(=O)N2C[C@@H](C)O[C@@H](c3ccccc3)C2)CC1=O. The van der Waals surface area contributed by atoms with Gasteiger partial charge >= 0.3 is 0 Å². The fraction of sp³-hybridized carbons (Fsp3) is 0.471. The fourth-order valence-electron chi connectivity index (χ4n) is 2.99. The van der Waals surface area contributed by atoms with Gasteiger partial charge in [0.05, 0.1) is 19.1 Å². The molecule has 0 aliphatic carbocycles. The molecule has 6 heteroatoms. The zero-order chi connectivity index (χ0) is 16.4. The van der Waals surface area contributed by atoms with Crippen LogP contribution in [0, 0.1) is 0 Å². The van der Waals surface area contributed by atoms with Gasteiger partial charge in [-0.2, -0.15) is 5.10 Å². The molecule has 1 saturated heterocycles. The van der Waals surface area contributed by atoms with Crippen LogP contribution in [0.4, 0.5) is 0 Å². The minimum Gasteiger partial charge on any atom is -0.367 e. The molecule has 2 amide bonds. The lowest BCUT2D eigenvalue weighted by Gasteiger charge is -2.37. The molecule has 0 bridgehead atoms. The molecule has 6 nitrogen and oxygen atoms in total. The van der Waals surface area contributed by atoms with Gasteiger partial charge in [0.2, 0.25) is 5.91 Å². The van der Waals surface area contributed by atoms with E-state index in [-0.39, 0.29) is 30.4 Å². The first-order valence-corrected chi connectivity index (χ1v) is 7.96.